The lowest BCUT2D eigenvalue weighted by Gasteiger charge is -2.18. The summed E-state index contributed by atoms with van der Waals surface area (Å²) in [6.45, 7) is 8.37. The molecule has 0 aliphatic heterocycles. The van der Waals surface area contributed by atoms with Gasteiger partial charge in [0.05, 0.1) is 0 Å². The maximum absolute atomic E-state index is 11.8. The second-order valence-electron chi connectivity index (χ2n) is 5.82. The van der Waals surface area contributed by atoms with E-state index in [-0.39, 0.29) is 11.3 Å². The van der Waals surface area contributed by atoms with Crippen molar-refractivity contribution in [3.8, 4) is 0 Å². The Bertz CT molecular complexity index is 651. The van der Waals surface area contributed by atoms with Crippen molar-refractivity contribution in [2.75, 3.05) is 5.32 Å². The van der Waals surface area contributed by atoms with Crippen molar-refractivity contribution in [2.45, 2.75) is 33.1 Å². The third-order valence-electron chi connectivity index (χ3n) is 2.96. The van der Waals surface area contributed by atoms with Gasteiger partial charge < -0.3 is 0 Å². The standard InChI is InChI=1S/C16H19N3OS/c1-11-18-19-15(21-11)17-14(20)10-7-12-5-8-13(9-6-12)16(2,3)4/h5-10H,1-4H3,(H,17,19,20)/b10-7+. The Labute approximate surface area is 128 Å². The maximum atomic E-state index is 11.8. The maximum Gasteiger partial charge on any atom is 0.250 e. The van der Waals surface area contributed by atoms with E-state index in [4.69, 9.17) is 0 Å². The lowest BCUT2D eigenvalue weighted by Crippen LogP contribution is -2.10. The van der Waals surface area contributed by atoms with Crippen LogP contribution in [0.4, 0.5) is 5.13 Å². The smallest absolute Gasteiger partial charge is 0.250 e. The largest absolute Gasteiger partial charge is 0.297 e. The van der Waals surface area contributed by atoms with Crippen LogP contribution in [0.3, 0.4) is 0 Å². The summed E-state index contributed by atoms with van der Waals surface area (Å²) in [6, 6.07) is 8.20. The Balaban J connectivity index is 1.99. The molecule has 2 aromatic rings. The molecular formula is C16H19N3OS. The Hall–Kier alpha value is -2.01. The van der Waals surface area contributed by atoms with Crippen LogP contribution in [0.15, 0.2) is 30.3 Å². The zero-order valence-electron chi connectivity index (χ0n) is 12.7. The van der Waals surface area contributed by atoms with Crippen LogP contribution in [0.1, 0.15) is 36.9 Å². The van der Waals surface area contributed by atoms with Gasteiger partial charge in [-0.15, -0.1) is 10.2 Å². The molecule has 1 aromatic heterocycles. The number of aromatic nitrogens is 2. The number of benzene rings is 1. The van der Waals surface area contributed by atoms with Gasteiger partial charge in [0.25, 0.3) is 0 Å². The number of nitrogens with one attached hydrogen (secondary N) is 1. The quantitative estimate of drug-likeness (QED) is 0.877. The molecule has 0 saturated carbocycles. The van der Waals surface area contributed by atoms with Crippen molar-refractivity contribution in [3.63, 3.8) is 0 Å². The minimum absolute atomic E-state index is 0.134. The summed E-state index contributed by atoms with van der Waals surface area (Å²) in [4.78, 5) is 11.8. The third kappa shape index (κ3) is 4.49. The van der Waals surface area contributed by atoms with Crippen molar-refractivity contribution in [1.82, 2.24) is 10.2 Å². The first kappa shape index (κ1) is 15.4. The fraction of sp³-hybridized carbons (Fsp3) is 0.312. The number of hydrogen-bond acceptors (Lipinski definition) is 4. The molecule has 0 aliphatic carbocycles. The fourth-order valence-corrected chi connectivity index (χ4v) is 2.36. The molecule has 0 spiro atoms. The second kappa shape index (κ2) is 6.18. The van der Waals surface area contributed by atoms with Crippen LogP contribution in [0, 0.1) is 6.92 Å². The van der Waals surface area contributed by atoms with Gasteiger partial charge >= 0.3 is 0 Å². The molecule has 1 heterocycles. The summed E-state index contributed by atoms with van der Waals surface area (Å²) in [5.41, 5.74) is 2.40. The molecule has 1 amide bonds. The first-order valence-corrected chi connectivity index (χ1v) is 7.56. The fourth-order valence-electron chi connectivity index (χ4n) is 1.76. The van der Waals surface area contributed by atoms with E-state index in [0.717, 1.165) is 10.6 Å². The molecule has 0 radical (unpaired) electrons. The van der Waals surface area contributed by atoms with Gasteiger partial charge in [-0.3, -0.25) is 10.1 Å². The van der Waals surface area contributed by atoms with Gasteiger partial charge in [0, 0.05) is 6.08 Å². The highest BCUT2D eigenvalue weighted by Crippen LogP contribution is 2.22. The van der Waals surface area contributed by atoms with E-state index in [1.165, 1.54) is 23.0 Å². The topological polar surface area (TPSA) is 54.9 Å². The van der Waals surface area contributed by atoms with E-state index in [9.17, 15) is 4.79 Å². The van der Waals surface area contributed by atoms with Crippen LogP contribution in [0.2, 0.25) is 0 Å². The van der Waals surface area contributed by atoms with Crippen molar-refractivity contribution >= 4 is 28.5 Å². The number of hydrogen-bond donors (Lipinski definition) is 1. The Morgan fingerprint density at radius 3 is 2.38 bits per heavy atom. The predicted molar refractivity (Wildman–Crippen MR) is 87.5 cm³/mol. The number of carbonyl (C=O) groups is 1. The molecule has 0 atom stereocenters. The molecule has 0 aliphatic rings. The molecule has 21 heavy (non-hydrogen) atoms. The molecule has 0 bridgehead atoms. The van der Waals surface area contributed by atoms with Gasteiger partial charge in [0.15, 0.2) is 0 Å². The molecule has 110 valence electrons. The minimum atomic E-state index is -0.203. The van der Waals surface area contributed by atoms with E-state index < -0.39 is 0 Å². The number of nitrogens with zero attached hydrogens (tertiary/aromatic N) is 2. The summed E-state index contributed by atoms with van der Waals surface area (Å²) in [6.07, 6.45) is 3.29. The number of amides is 1. The first-order chi connectivity index (χ1) is 9.84. The summed E-state index contributed by atoms with van der Waals surface area (Å²) in [5.74, 6) is -0.203. The Morgan fingerprint density at radius 1 is 1.19 bits per heavy atom. The van der Waals surface area contributed by atoms with Crippen LogP contribution in [-0.4, -0.2) is 16.1 Å². The summed E-state index contributed by atoms with van der Waals surface area (Å²) >= 11 is 1.35. The molecule has 0 saturated heterocycles. The van der Waals surface area contributed by atoms with Crippen LogP contribution >= 0.6 is 11.3 Å². The van der Waals surface area contributed by atoms with Gasteiger partial charge in [-0.25, -0.2) is 0 Å². The Morgan fingerprint density at radius 2 is 1.86 bits per heavy atom. The highest BCUT2D eigenvalue weighted by molar-refractivity contribution is 7.15. The van der Waals surface area contributed by atoms with E-state index in [1.807, 2.05) is 19.1 Å². The van der Waals surface area contributed by atoms with Crippen LogP contribution < -0.4 is 5.32 Å². The number of carbonyl (C=O) groups excluding carboxylic acids is 1. The van der Waals surface area contributed by atoms with Crippen molar-refractivity contribution in [2.24, 2.45) is 0 Å². The minimum Gasteiger partial charge on any atom is -0.297 e. The molecular weight excluding hydrogens is 282 g/mol. The SMILES string of the molecule is Cc1nnc(NC(=O)/C=C/c2ccc(C(C)(C)C)cc2)s1. The highest BCUT2D eigenvalue weighted by Gasteiger charge is 2.12. The molecule has 0 fully saturated rings. The number of rotatable bonds is 3. The summed E-state index contributed by atoms with van der Waals surface area (Å²) in [7, 11) is 0. The Kier molecular flexibility index (Phi) is 4.53. The molecule has 2 rings (SSSR count). The molecule has 5 heteroatoms. The zero-order chi connectivity index (χ0) is 15.5. The summed E-state index contributed by atoms with van der Waals surface area (Å²) in [5, 5.41) is 11.7. The highest BCUT2D eigenvalue weighted by atomic mass is 32.1. The molecule has 4 nitrogen and oxygen atoms in total. The van der Waals surface area contributed by atoms with Crippen LogP contribution in [0.5, 0.6) is 0 Å². The van der Waals surface area contributed by atoms with Crippen molar-refractivity contribution in [1.29, 1.82) is 0 Å². The van der Waals surface area contributed by atoms with Crippen LogP contribution in [0.25, 0.3) is 6.08 Å². The average Bonchev–Trinajstić information content (AvgIpc) is 2.81. The van der Waals surface area contributed by atoms with Crippen molar-refractivity contribution < 1.29 is 4.79 Å². The van der Waals surface area contributed by atoms with Gasteiger partial charge in [0.2, 0.25) is 11.0 Å². The van der Waals surface area contributed by atoms with Crippen molar-refractivity contribution in [3.05, 3.63) is 46.5 Å². The lowest BCUT2D eigenvalue weighted by atomic mass is 9.87. The zero-order valence-corrected chi connectivity index (χ0v) is 13.5. The van der Waals surface area contributed by atoms with E-state index >= 15 is 0 Å². The van der Waals surface area contributed by atoms with Crippen LogP contribution in [-0.2, 0) is 10.2 Å². The third-order valence-corrected chi connectivity index (χ3v) is 3.71. The normalized spacial score (nSPS) is 11.8. The van der Waals surface area contributed by atoms with E-state index in [0.29, 0.717) is 5.13 Å². The van der Waals surface area contributed by atoms with Gasteiger partial charge in [-0.1, -0.05) is 56.4 Å². The second-order valence-corrected chi connectivity index (χ2v) is 7.00. The van der Waals surface area contributed by atoms with E-state index in [1.54, 1.807) is 6.08 Å². The molecule has 1 aromatic carbocycles. The van der Waals surface area contributed by atoms with Gasteiger partial charge in [-0.2, -0.15) is 0 Å². The number of anilines is 1. The summed E-state index contributed by atoms with van der Waals surface area (Å²) < 4.78 is 0. The predicted octanol–water partition coefficient (Wildman–Crippen LogP) is 3.80. The van der Waals surface area contributed by atoms with E-state index in [2.05, 4.69) is 48.4 Å². The molecule has 1 N–H and O–H groups in total. The first-order valence-electron chi connectivity index (χ1n) is 6.74. The van der Waals surface area contributed by atoms with Gasteiger partial charge in [-0.05, 0) is 29.5 Å². The monoisotopic (exact) mass is 301 g/mol. The number of aryl methyl sites for hydroxylation is 1. The average molecular weight is 301 g/mol. The van der Waals surface area contributed by atoms with Gasteiger partial charge in [0.1, 0.15) is 5.01 Å². The lowest BCUT2D eigenvalue weighted by molar-refractivity contribution is -0.111. The molecule has 0 unspecified atom stereocenters.